The minimum absolute atomic E-state index is 0.112. The molecule has 4 aromatic rings. The molecule has 0 aliphatic heterocycles. The maximum atomic E-state index is 13.5. The van der Waals surface area contributed by atoms with Crippen molar-refractivity contribution in [3.05, 3.63) is 100 Å². The van der Waals surface area contributed by atoms with Crippen LogP contribution in [0.25, 0.3) is 10.9 Å². The SMILES string of the molecule is CCOC(=O)CCCn1cc(C(=O)c2ccc(O[C@@H](CC)c3ccc(C)cc3)c(Cl)c2)c2ccccc21. The van der Waals surface area contributed by atoms with Crippen molar-refractivity contribution in [1.82, 2.24) is 4.57 Å². The van der Waals surface area contributed by atoms with Gasteiger partial charge in [-0.25, -0.2) is 0 Å². The van der Waals surface area contributed by atoms with Crippen molar-refractivity contribution >= 4 is 34.3 Å². The second-order valence-electron chi connectivity index (χ2n) is 9.06. The number of carbonyl (C=O) groups excluding carboxylic acids is 2. The van der Waals surface area contributed by atoms with Crippen molar-refractivity contribution in [2.24, 2.45) is 0 Å². The fourth-order valence-electron chi connectivity index (χ4n) is 4.45. The molecule has 0 saturated carbocycles. The third-order valence-corrected chi connectivity index (χ3v) is 6.70. The molecule has 37 heavy (non-hydrogen) atoms. The molecule has 0 bridgehead atoms. The van der Waals surface area contributed by atoms with Crippen molar-refractivity contribution in [1.29, 1.82) is 0 Å². The van der Waals surface area contributed by atoms with Crippen LogP contribution >= 0.6 is 11.6 Å². The summed E-state index contributed by atoms with van der Waals surface area (Å²) in [5, 5.41) is 1.26. The summed E-state index contributed by atoms with van der Waals surface area (Å²) < 4.78 is 13.3. The summed E-state index contributed by atoms with van der Waals surface area (Å²) in [6, 6.07) is 21.3. The number of aryl methyl sites for hydroxylation is 2. The summed E-state index contributed by atoms with van der Waals surface area (Å²) in [6.07, 6.45) is 3.48. The summed E-state index contributed by atoms with van der Waals surface area (Å²) in [4.78, 5) is 25.3. The number of hydrogen-bond donors (Lipinski definition) is 0. The smallest absolute Gasteiger partial charge is 0.305 e. The van der Waals surface area contributed by atoms with E-state index in [0.717, 1.165) is 22.9 Å². The highest BCUT2D eigenvalue weighted by atomic mass is 35.5. The monoisotopic (exact) mass is 517 g/mol. The van der Waals surface area contributed by atoms with Gasteiger partial charge < -0.3 is 14.0 Å². The third kappa shape index (κ3) is 6.23. The molecule has 0 unspecified atom stereocenters. The minimum atomic E-state index is -0.208. The van der Waals surface area contributed by atoms with E-state index in [4.69, 9.17) is 21.1 Å². The molecule has 192 valence electrons. The van der Waals surface area contributed by atoms with Crippen molar-refractivity contribution in [3.63, 3.8) is 0 Å². The Morgan fingerprint density at radius 2 is 1.76 bits per heavy atom. The molecule has 0 amide bonds. The highest BCUT2D eigenvalue weighted by Gasteiger charge is 2.19. The molecule has 0 fully saturated rings. The van der Waals surface area contributed by atoms with Crippen LogP contribution in [0.4, 0.5) is 0 Å². The number of esters is 1. The Morgan fingerprint density at radius 1 is 1.00 bits per heavy atom. The summed E-state index contributed by atoms with van der Waals surface area (Å²) >= 11 is 6.60. The van der Waals surface area contributed by atoms with Gasteiger partial charge in [-0.1, -0.05) is 66.6 Å². The van der Waals surface area contributed by atoms with Gasteiger partial charge in [0, 0.05) is 41.2 Å². The Morgan fingerprint density at radius 3 is 2.46 bits per heavy atom. The number of ketones is 1. The standard InChI is InChI=1S/C31H32ClNO4/c1-4-28(22-14-12-21(3)13-15-22)37-29-17-16-23(19-26(29)32)31(35)25-20-33(18-8-11-30(34)36-5-2)27-10-7-6-9-24(25)27/h6-7,9-10,12-17,19-20,28H,4-5,8,11,18H2,1-3H3/t28-/m0/s1. The molecule has 5 nitrogen and oxygen atoms in total. The van der Waals surface area contributed by atoms with Crippen LogP contribution in [0, 0.1) is 6.92 Å². The Labute approximate surface area is 223 Å². The zero-order valence-corrected chi connectivity index (χ0v) is 22.3. The average molecular weight is 518 g/mol. The summed E-state index contributed by atoms with van der Waals surface area (Å²) in [7, 11) is 0. The second kappa shape index (κ2) is 12.1. The van der Waals surface area contributed by atoms with E-state index >= 15 is 0 Å². The first kappa shape index (κ1) is 26.5. The Balaban J connectivity index is 1.54. The fraction of sp³-hybridized carbons (Fsp3) is 0.290. The van der Waals surface area contributed by atoms with Gasteiger partial charge in [0.2, 0.25) is 0 Å². The lowest BCUT2D eigenvalue weighted by atomic mass is 10.0. The highest BCUT2D eigenvalue weighted by Crippen LogP contribution is 2.33. The molecular weight excluding hydrogens is 486 g/mol. The van der Waals surface area contributed by atoms with Gasteiger partial charge in [0.05, 0.1) is 11.6 Å². The maximum Gasteiger partial charge on any atom is 0.305 e. The lowest BCUT2D eigenvalue weighted by molar-refractivity contribution is -0.143. The number of carbonyl (C=O) groups is 2. The summed E-state index contributed by atoms with van der Waals surface area (Å²) in [5.74, 6) is 0.228. The molecule has 6 heteroatoms. The van der Waals surface area contributed by atoms with Crippen LogP contribution in [0.1, 0.15) is 66.3 Å². The number of aromatic nitrogens is 1. The Hall–Kier alpha value is -3.57. The van der Waals surface area contributed by atoms with Crippen molar-refractivity contribution in [2.75, 3.05) is 6.61 Å². The summed E-state index contributed by atoms with van der Waals surface area (Å²) in [6.45, 7) is 6.91. The molecule has 0 saturated heterocycles. The molecule has 3 aromatic carbocycles. The number of nitrogens with zero attached hydrogens (tertiary/aromatic N) is 1. The Bertz CT molecular complexity index is 1390. The van der Waals surface area contributed by atoms with Crippen molar-refractivity contribution in [2.45, 2.75) is 52.7 Å². The third-order valence-electron chi connectivity index (χ3n) is 6.40. The van der Waals surface area contributed by atoms with Crippen LogP contribution in [0.15, 0.2) is 72.9 Å². The first-order valence-corrected chi connectivity index (χ1v) is 13.1. The van der Waals surface area contributed by atoms with Gasteiger partial charge in [0.25, 0.3) is 0 Å². The van der Waals surface area contributed by atoms with E-state index in [-0.39, 0.29) is 17.9 Å². The molecule has 0 aliphatic carbocycles. The van der Waals surface area contributed by atoms with E-state index in [0.29, 0.717) is 47.9 Å². The van der Waals surface area contributed by atoms with Crippen LogP contribution in [0.2, 0.25) is 5.02 Å². The van der Waals surface area contributed by atoms with Crippen molar-refractivity contribution < 1.29 is 19.1 Å². The fourth-order valence-corrected chi connectivity index (χ4v) is 4.68. The number of fused-ring (bicyclic) bond motifs is 1. The van der Waals surface area contributed by atoms with Gasteiger partial charge in [-0.15, -0.1) is 0 Å². The van der Waals surface area contributed by atoms with E-state index < -0.39 is 0 Å². The van der Waals surface area contributed by atoms with Crippen LogP contribution in [0.5, 0.6) is 5.75 Å². The largest absolute Gasteiger partial charge is 0.484 e. The highest BCUT2D eigenvalue weighted by molar-refractivity contribution is 6.32. The van der Waals surface area contributed by atoms with Crippen LogP contribution in [-0.4, -0.2) is 22.9 Å². The topological polar surface area (TPSA) is 57.5 Å². The van der Waals surface area contributed by atoms with Gasteiger partial charge in [-0.3, -0.25) is 9.59 Å². The van der Waals surface area contributed by atoms with E-state index in [1.54, 1.807) is 25.1 Å². The van der Waals surface area contributed by atoms with Crippen molar-refractivity contribution in [3.8, 4) is 5.75 Å². The van der Waals surface area contributed by atoms with Gasteiger partial charge >= 0.3 is 5.97 Å². The quantitative estimate of drug-likeness (QED) is 0.151. The number of halogens is 1. The number of benzene rings is 3. The number of para-hydroxylation sites is 1. The molecule has 0 radical (unpaired) electrons. The zero-order valence-electron chi connectivity index (χ0n) is 21.5. The van der Waals surface area contributed by atoms with Gasteiger partial charge in [0.1, 0.15) is 11.9 Å². The van der Waals surface area contributed by atoms with Gasteiger partial charge in [0.15, 0.2) is 5.78 Å². The molecule has 4 rings (SSSR count). The Kier molecular flexibility index (Phi) is 8.67. The molecule has 0 aliphatic rings. The minimum Gasteiger partial charge on any atom is -0.484 e. The van der Waals surface area contributed by atoms with Crippen LogP contribution in [-0.2, 0) is 16.1 Å². The molecule has 1 aromatic heterocycles. The van der Waals surface area contributed by atoms with Crippen LogP contribution in [0.3, 0.4) is 0 Å². The average Bonchev–Trinajstić information content (AvgIpc) is 3.27. The zero-order chi connectivity index (χ0) is 26.4. The van der Waals surface area contributed by atoms with E-state index in [2.05, 4.69) is 38.1 Å². The van der Waals surface area contributed by atoms with E-state index in [1.165, 1.54) is 5.56 Å². The normalized spacial score (nSPS) is 11.9. The molecule has 0 spiro atoms. The molecular formula is C31H32ClNO4. The van der Waals surface area contributed by atoms with E-state index in [9.17, 15) is 9.59 Å². The number of rotatable bonds is 11. The molecule has 1 heterocycles. The van der Waals surface area contributed by atoms with Gasteiger partial charge in [-0.2, -0.15) is 0 Å². The molecule has 0 N–H and O–H groups in total. The lowest BCUT2D eigenvalue weighted by Gasteiger charge is -2.19. The second-order valence-corrected chi connectivity index (χ2v) is 9.47. The first-order chi connectivity index (χ1) is 17.9. The number of hydrogen-bond acceptors (Lipinski definition) is 4. The first-order valence-electron chi connectivity index (χ1n) is 12.7. The predicted octanol–water partition coefficient (Wildman–Crippen LogP) is 7.71. The molecule has 1 atom stereocenters. The number of ether oxygens (including phenoxy) is 2. The van der Waals surface area contributed by atoms with Crippen LogP contribution < -0.4 is 4.74 Å². The summed E-state index contributed by atoms with van der Waals surface area (Å²) in [5.41, 5.74) is 4.32. The predicted molar refractivity (Wildman–Crippen MR) is 148 cm³/mol. The van der Waals surface area contributed by atoms with Gasteiger partial charge in [-0.05, 0) is 56.5 Å². The lowest BCUT2D eigenvalue weighted by Crippen LogP contribution is -2.07. The maximum absolute atomic E-state index is 13.5. The van der Waals surface area contributed by atoms with E-state index in [1.807, 2.05) is 35.0 Å².